The number of para-hydroxylation sites is 1. The lowest BCUT2D eigenvalue weighted by Gasteiger charge is -2.19. The second-order valence-corrected chi connectivity index (χ2v) is 7.36. The summed E-state index contributed by atoms with van der Waals surface area (Å²) in [5, 5.41) is 0. The zero-order valence-electron chi connectivity index (χ0n) is 13.1. The fraction of sp³-hybridized carbons (Fsp3) is 0.235. The van der Waals surface area contributed by atoms with E-state index in [2.05, 4.69) is 4.72 Å². The first-order valence-electron chi connectivity index (χ1n) is 7.57. The van der Waals surface area contributed by atoms with Crippen molar-refractivity contribution in [2.45, 2.75) is 24.7 Å². The van der Waals surface area contributed by atoms with Gasteiger partial charge in [0.15, 0.2) is 0 Å². The predicted molar refractivity (Wildman–Crippen MR) is 90.0 cm³/mol. The minimum atomic E-state index is -3.91. The Bertz CT molecular complexity index is 896. The van der Waals surface area contributed by atoms with Crippen molar-refractivity contribution in [2.75, 3.05) is 16.2 Å². The number of rotatable bonds is 4. The van der Waals surface area contributed by atoms with Crippen LogP contribution in [-0.2, 0) is 14.8 Å². The Kier molecular flexibility index (Phi) is 4.28. The fourth-order valence-corrected chi connectivity index (χ4v) is 3.90. The molecule has 0 atom stereocenters. The number of carbonyl (C=O) groups is 1. The molecule has 1 N–H and O–H groups in total. The van der Waals surface area contributed by atoms with Gasteiger partial charge < -0.3 is 4.90 Å². The molecule has 2 aromatic rings. The van der Waals surface area contributed by atoms with Gasteiger partial charge in [-0.05, 0) is 49.2 Å². The Morgan fingerprint density at radius 3 is 2.54 bits per heavy atom. The topological polar surface area (TPSA) is 66.5 Å². The summed E-state index contributed by atoms with van der Waals surface area (Å²) < 4.78 is 40.8. The molecule has 0 spiro atoms. The summed E-state index contributed by atoms with van der Waals surface area (Å²) in [4.78, 5) is 13.5. The Labute approximate surface area is 140 Å². The molecule has 1 aliphatic rings. The summed E-state index contributed by atoms with van der Waals surface area (Å²) >= 11 is 0. The van der Waals surface area contributed by atoms with E-state index >= 15 is 0 Å². The Morgan fingerprint density at radius 2 is 1.92 bits per heavy atom. The van der Waals surface area contributed by atoms with Crippen molar-refractivity contribution >= 4 is 27.3 Å². The average Bonchev–Trinajstić information content (AvgIpc) is 2.95. The summed E-state index contributed by atoms with van der Waals surface area (Å²) in [6.07, 6.45) is 1.31. The van der Waals surface area contributed by atoms with Crippen molar-refractivity contribution < 1.29 is 17.6 Å². The first kappa shape index (κ1) is 16.4. The number of hydrogen-bond acceptors (Lipinski definition) is 3. The summed E-state index contributed by atoms with van der Waals surface area (Å²) in [7, 11) is -3.91. The van der Waals surface area contributed by atoms with Crippen LogP contribution in [0.4, 0.5) is 15.8 Å². The zero-order chi connectivity index (χ0) is 17.3. The molecule has 1 saturated heterocycles. The largest absolute Gasteiger partial charge is 0.312 e. The highest BCUT2D eigenvalue weighted by Crippen LogP contribution is 2.28. The van der Waals surface area contributed by atoms with Crippen LogP contribution in [-0.4, -0.2) is 20.9 Å². The highest BCUT2D eigenvalue weighted by atomic mass is 32.2. The molecule has 0 aliphatic carbocycles. The van der Waals surface area contributed by atoms with Crippen LogP contribution in [0.25, 0.3) is 0 Å². The summed E-state index contributed by atoms with van der Waals surface area (Å²) in [5.74, 6) is -0.602. The molecule has 0 unspecified atom stereocenters. The van der Waals surface area contributed by atoms with Crippen molar-refractivity contribution in [3.63, 3.8) is 0 Å². The van der Waals surface area contributed by atoms with E-state index in [0.717, 1.165) is 6.42 Å². The molecule has 1 fully saturated rings. The average molecular weight is 348 g/mol. The maximum atomic E-state index is 13.7. The van der Waals surface area contributed by atoms with E-state index in [9.17, 15) is 17.6 Å². The number of hydrogen-bond donors (Lipinski definition) is 1. The maximum Gasteiger partial charge on any atom is 0.261 e. The van der Waals surface area contributed by atoms with Crippen LogP contribution in [0.1, 0.15) is 18.4 Å². The number of carbonyl (C=O) groups excluding carboxylic acids is 1. The number of nitrogens with one attached hydrogen (secondary N) is 1. The lowest BCUT2D eigenvalue weighted by atomic mass is 10.2. The molecule has 0 bridgehead atoms. The second-order valence-electron chi connectivity index (χ2n) is 5.68. The number of halogens is 1. The molecular weight excluding hydrogens is 331 g/mol. The smallest absolute Gasteiger partial charge is 0.261 e. The monoisotopic (exact) mass is 348 g/mol. The summed E-state index contributed by atoms with van der Waals surface area (Å²) in [6, 6.07) is 10.1. The standard InChI is InChI=1S/C17H17FN2O3S/c1-12-11-13(8-9-16(12)20-10-4-7-17(20)21)24(22,23)19-15-6-3-2-5-14(15)18/h2-3,5-6,8-9,11,19H,4,7,10H2,1H3. The highest BCUT2D eigenvalue weighted by molar-refractivity contribution is 7.92. The quantitative estimate of drug-likeness (QED) is 0.923. The first-order chi connectivity index (χ1) is 11.4. The van der Waals surface area contributed by atoms with Crippen LogP contribution in [0.2, 0.25) is 0 Å². The van der Waals surface area contributed by atoms with E-state index in [-0.39, 0.29) is 16.5 Å². The van der Waals surface area contributed by atoms with Gasteiger partial charge in [-0.15, -0.1) is 0 Å². The van der Waals surface area contributed by atoms with Crippen LogP contribution < -0.4 is 9.62 Å². The Hall–Kier alpha value is -2.41. The van der Waals surface area contributed by atoms with Gasteiger partial charge in [0, 0.05) is 18.7 Å². The van der Waals surface area contributed by atoms with Crippen molar-refractivity contribution in [3.05, 3.63) is 53.8 Å². The third kappa shape index (κ3) is 3.12. The Morgan fingerprint density at radius 1 is 1.17 bits per heavy atom. The Balaban J connectivity index is 1.90. The van der Waals surface area contributed by atoms with Crippen molar-refractivity contribution in [2.24, 2.45) is 0 Å². The fourth-order valence-electron chi connectivity index (χ4n) is 2.75. The minimum Gasteiger partial charge on any atom is -0.312 e. The predicted octanol–water partition coefficient (Wildman–Crippen LogP) is 3.06. The van der Waals surface area contributed by atoms with Gasteiger partial charge in [0.05, 0.1) is 10.6 Å². The van der Waals surface area contributed by atoms with Crippen molar-refractivity contribution in [1.82, 2.24) is 0 Å². The van der Waals surface area contributed by atoms with E-state index in [1.807, 2.05) is 0 Å². The van der Waals surface area contributed by atoms with Crippen LogP contribution in [0.15, 0.2) is 47.4 Å². The van der Waals surface area contributed by atoms with E-state index < -0.39 is 15.8 Å². The number of anilines is 2. The van der Waals surface area contributed by atoms with Crippen LogP contribution >= 0.6 is 0 Å². The number of aryl methyl sites for hydroxylation is 1. The lowest BCUT2D eigenvalue weighted by molar-refractivity contribution is -0.117. The molecule has 7 heteroatoms. The molecule has 3 rings (SSSR count). The molecule has 5 nitrogen and oxygen atoms in total. The lowest BCUT2D eigenvalue weighted by Crippen LogP contribution is -2.24. The molecule has 24 heavy (non-hydrogen) atoms. The number of sulfonamides is 1. The molecule has 0 saturated carbocycles. The molecule has 2 aromatic carbocycles. The van der Waals surface area contributed by atoms with Gasteiger partial charge in [-0.25, -0.2) is 12.8 Å². The van der Waals surface area contributed by atoms with E-state index in [0.29, 0.717) is 24.2 Å². The van der Waals surface area contributed by atoms with Gasteiger partial charge in [0.1, 0.15) is 5.82 Å². The molecule has 0 radical (unpaired) electrons. The number of amides is 1. The highest BCUT2D eigenvalue weighted by Gasteiger charge is 2.24. The molecular formula is C17H17FN2O3S. The summed E-state index contributed by atoms with van der Waals surface area (Å²) in [6.45, 7) is 2.39. The van der Waals surface area contributed by atoms with Crippen LogP contribution in [0.5, 0.6) is 0 Å². The normalized spacial score (nSPS) is 14.9. The van der Waals surface area contributed by atoms with E-state index in [1.165, 1.54) is 30.3 Å². The first-order valence-corrected chi connectivity index (χ1v) is 9.05. The molecule has 126 valence electrons. The van der Waals surface area contributed by atoms with Crippen molar-refractivity contribution in [1.29, 1.82) is 0 Å². The summed E-state index contributed by atoms with van der Waals surface area (Å²) in [5.41, 5.74) is 1.29. The zero-order valence-corrected chi connectivity index (χ0v) is 13.9. The minimum absolute atomic E-state index is 0.0265. The third-order valence-corrected chi connectivity index (χ3v) is 5.32. The third-order valence-electron chi connectivity index (χ3n) is 3.96. The van der Waals surface area contributed by atoms with Gasteiger partial charge in [-0.1, -0.05) is 12.1 Å². The van der Waals surface area contributed by atoms with Crippen molar-refractivity contribution in [3.8, 4) is 0 Å². The second kappa shape index (κ2) is 6.24. The van der Waals surface area contributed by atoms with Gasteiger partial charge in [-0.2, -0.15) is 0 Å². The van der Waals surface area contributed by atoms with Crippen LogP contribution in [0, 0.1) is 12.7 Å². The van der Waals surface area contributed by atoms with Gasteiger partial charge >= 0.3 is 0 Å². The number of nitrogens with zero attached hydrogens (tertiary/aromatic N) is 1. The number of benzene rings is 2. The van der Waals surface area contributed by atoms with Crippen LogP contribution in [0.3, 0.4) is 0 Å². The van der Waals surface area contributed by atoms with Gasteiger partial charge in [-0.3, -0.25) is 9.52 Å². The van der Waals surface area contributed by atoms with E-state index in [1.54, 1.807) is 24.0 Å². The maximum absolute atomic E-state index is 13.7. The molecule has 0 aromatic heterocycles. The van der Waals surface area contributed by atoms with Gasteiger partial charge in [0.25, 0.3) is 10.0 Å². The van der Waals surface area contributed by atoms with Gasteiger partial charge in [0.2, 0.25) is 5.91 Å². The van der Waals surface area contributed by atoms with E-state index in [4.69, 9.17) is 0 Å². The SMILES string of the molecule is Cc1cc(S(=O)(=O)Nc2ccccc2F)ccc1N1CCCC1=O. The molecule has 1 heterocycles. The molecule has 1 aliphatic heterocycles. The molecule has 1 amide bonds.